The van der Waals surface area contributed by atoms with Gasteiger partial charge < -0.3 is 5.32 Å². The van der Waals surface area contributed by atoms with Crippen LogP contribution in [0.4, 0.5) is 10.5 Å². The van der Waals surface area contributed by atoms with E-state index in [-0.39, 0.29) is 27.6 Å². The van der Waals surface area contributed by atoms with Gasteiger partial charge in [-0.05, 0) is 69.0 Å². The molecule has 166 valence electrons. The van der Waals surface area contributed by atoms with E-state index < -0.39 is 11.9 Å². The molecule has 2 atom stereocenters. The van der Waals surface area contributed by atoms with Crippen molar-refractivity contribution in [2.45, 2.75) is 33.1 Å². The molecular formula is C20H22BrClIN4O3P. The molecule has 0 bridgehead atoms. The molecule has 1 unspecified atom stereocenters. The zero-order valence-electron chi connectivity index (χ0n) is 17.1. The molecule has 2 rings (SSSR count). The third kappa shape index (κ3) is 6.84. The number of fused-ring (bicyclic) bond motifs is 1. The number of urea groups is 1. The average molecular weight is 640 g/mol. The number of benzene rings is 1. The lowest BCUT2D eigenvalue weighted by Crippen LogP contribution is -2.35. The molecule has 1 aromatic carbocycles. The topological polar surface area (TPSA) is 93.1 Å². The first-order valence-corrected chi connectivity index (χ1v) is 14.7. The number of alkyl halides is 1. The molecule has 0 spiro atoms. The molecule has 0 aliphatic carbocycles. The molecule has 0 saturated heterocycles. The number of imide groups is 1. The van der Waals surface area contributed by atoms with E-state index in [1.807, 2.05) is 24.4 Å². The van der Waals surface area contributed by atoms with Gasteiger partial charge in [-0.25, -0.2) is 9.25 Å². The smallest absolute Gasteiger partial charge is 0.307 e. The number of aromatic nitrogens is 2. The van der Waals surface area contributed by atoms with Crippen molar-refractivity contribution in [3.8, 4) is 0 Å². The van der Waals surface area contributed by atoms with Crippen LogP contribution in [-0.2, 0) is 15.5 Å². The van der Waals surface area contributed by atoms with Gasteiger partial charge in [0, 0.05) is 22.2 Å². The molecule has 11 heteroatoms. The minimum absolute atomic E-state index is 0.0905. The lowest BCUT2D eigenvalue weighted by molar-refractivity contribution is -0.116. The third-order valence-corrected chi connectivity index (χ3v) is 7.48. The summed E-state index contributed by atoms with van der Waals surface area (Å²) in [7, 11) is 0. The van der Waals surface area contributed by atoms with Crippen LogP contribution in [0.15, 0.2) is 40.5 Å². The van der Waals surface area contributed by atoms with Gasteiger partial charge in [-0.3, -0.25) is 14.9 Å². The highest BCUT2D eigenvalue weighted by Crippen LogP contribution is 2.33. The molecule has 1 aromatic heterocycles. The predicted molar refractivity (Wildman–Crippen MR) is 139 cm³/mol. The van der Waals surface area contributed by atoms with Gasteiger partial charge >= 0.3 is 6.03 Å². The van der Waals surface area contributed by atoms with Crippen LogP contribution in [0.1, 0.15) is 32.8 Å². The van der Waals surface area contributed by atoms with Crippen molar-refractivity contribution in [3.05, 3.63) is 46.1 Å². The normalized spacial score (nSPS) is 13.6. The van der Waals surface area contributed by atoms with Crippen molar-refractivity contribution in [1.29, 1.82) is 0 Å². The molecule has 31 heavy (non-hydrogen) atoms. The number of hydrogen-bond acceptors (Lipinski definition) is 4. The fourth-order valence-electron chi connectivity index (χ4n) is 2.67. The minimum Gasteiger partial charge on any atom is -0.307 e. The number of carbonyl (C=O) groups is 3. The van der Waals surface area contributed by atoms with Crippen molar-refractivity contribution in [2.24, 2.45) is 5.92 Å². The summed E-state index contributed by atoms with van der Waals surface area (Å²) < 4.78 is 2.10. The number of rotatable bonds is 8. The monoisotopic (exact) mass is 638 g/mol. The SMILES string of the molecule is CC[C@@H](C)/C=C(\C=C(\Br)C(C)=O)C(=O)NC(=O)Nc1ccc2c(cnn2PI)c1CCl. The number of carbonyl (C=O) groups excluding carboxylic acids is 3. The quantitative estimate of drug-likeness (QED) is 0.121. The van der Waals surface area contributed by atoms with Gasteiger partial charge in [0.2, 0.25) is 0 Å². The van der Waals surface area contributed by atoms with E-state index in [9.17, 15) is 14.4 Å². The van der Waals surface area contributed by atoms with Crippen LogP contribution < -0.4 is 10.6 Å². The summed E-state index contributed by atoms with van der Waals surface area (Å²) in [5.41, 5.74) is 2.36. The van der Waals surface area contributed by atoms with Crippen LogP contribution in [0.25, 0.3) is 10.9 Å². The highest BCUT2D eigenvalue weighted by molar-refractivity contribution is 14.2. The number of ketones is 1. The Morgan fingerprint density at radius 2 is 2.10 bits per heavy atom. The standard InChI is InChI=1S/C20H22BrClIN4O3P/c1-4-11(2)7-13(8-16(21)12(3)28)19(29)26-20(30)25-17-5-6-18-15(14(17)9-22)10-24-27(18)31-23/h5-8,10-11,31H,4,9H2,1-3H3,(H2,25,26,29,30)/b13-7+,16-8+/t11-/m1/s1. The summed E-state index contributed by atoms with van der Waals surface area (Å²) in [6, 6.07) is 2.89. The lowest BCUT2D eigenvalue weighted by Gasteiger charge is -2.12. The Hall–Kier alpha value is -1.29. The Labute approximate surface area is 208 Å². The van der Waals surface area contributed by atoms with Crippen molar-refractivity contribution < 1.29 is 14.4 Å². The Morgan fingerprint density at radius 3 is 2.68 bits per heavy atom. The molecule has 0 aliphatic heterocycles. The molecule has 3 amide bonds. The number of nitrogens with one attached hydrogen (secondary N) is 2. The van der Waals surface area contributed by atoms with Gasteiger partial charge in [0.1, 0.15) is 0 Å². The molecule has 0 fully saturated rings. The zero-order valence-corrected chi connectivity index (χ0v) is 22.6. The third-order valence-electron chi connectivity index (χ3n) is 4.54. The first-order chi connectivity index (χ1) is 14.7. The molecule has 0 radical (unpaired) electrons. The summed E-state index contributed by atoms with van der Waals surface area (Å²) in [6.45, 7) is 5.32. The number of amides is 3. The first-order valence-electron chi connectivity index (χ1n) is 9.36. The second-order valence-electron chi connectivity index (χ2n) is 6.76. The van der Waals surface area contributed by atoms with Crippen LogP contribution >= 0.6 is 55.9 Å². The molecular weight excluding hydrogens is 617 g/mol. The fraction of sp³-hybridized carbons (Fsp3) is 0.300. The molecule has 0 aliphatic rings. The Kier molecular flexibility index (Phi) is 10.1. The first kappa shape index (κ1) is 26.0. The van der Waals surface area contributed by atoms with Crippen molar-refractivity contribution in [1.82, 2.24) is 14.9 Å². The number of halogens is 3. The molecule has 2 aromatic rings. The van der Waals surface area contributed by atoms with E-state index in [4.69, 9.17) is 11.6 Å². The number of hydrogen-bond donors (Lipinski definition) is 2. The van der Waals surface area contributed by atoms with E-state index in [2.05, 4.69) is 53.7 Å². The van der Waals surface area contributed by atoms with Crippen molar-refractivity contribution in [3.63, 3.8) is 0 Å². The van der Waals surface area contributed by atoms with Crippen LogP contribution in [0.5, 0.6) is 0 Å². The lowest BCUT2D eigenvalue weighted by atomic mass is 10.0. The van der Waals surface area contributed by atoms with Gasteiger partial charge in [0.25, 0.3) is 5.91 Å². The molecule has 2 N–H and O–H groups in total. The van der Waals surface area contributed by atoms with E-state index >= 15 is 0 Å². The van der Waals surface area contributed by atoms with E-state index in [1.165, 1.54) is 13.0 Å². The van der Waals surface area contributed by atoms with Crippen LogP contribution in [0, 0.1) is 5.92 Å². The summed E-state index contributed by atoms with van der Waals surface area (Å²) in [6.07, 6.45) is 6.10. The summed E-state index contributed by atoms with van der Waals surface area (Å²) in [5.74, 6) is -0.569. The van der Waals surface area contributed by atoms with Gasteiger partial charge in [-0.1, -0.05) is 26.3 Å². The molecule has 1 heterocycles. The number of Topliss-reactive ketones (excluding diaryl/α,β-unsaturated/α-hetero) is 1. The second kappa shape index (κ2) is 12.1. The minimum atomic E-state index is -0.693. The van der Waals surface area contributed by atoms with E-state index in [0.29, 0.717) is 12.1 Å². The summed E-state index contributed by atoms with van der Waals surface area (Å²) in [4.78, 5) is 36.8. The van der Waals surface area contributed by atoms with Gasteiger partial charge in [0.05, 0.1) is 28.4 Å². The Morgan fingerprint density at radius 1 is 1.39 bits per heavy atom. The number of allylic oxidation sites excluding steroid dienone is 2. The second-order valence-corrected chi connectivity index (χ2v) is 9.92. The van der Waals surface area contributed by atoms with Gasteiger partial charge in [0.15, 0.2) is 5.78 Å². The Balaban J connectivity index is 2.25. The summed E-state index contributed by atoms with van der Waals surface area (Å²) in [5, 5.41) is 10.2. The molecule has 0 saturated carbocycles. The predicted octanol–water partition coefficient (Wildman–Crippen LogP) is 6.06. The van der Waals surface area contributed by atoms with Crippen molar-refractivity contribution >= 4 is 90.3 Å². The van der Waals surface area contributed by atoms with Crippen LogP contribution in [0.2, 0.25) is 0 Å². The number of nitrogens with zero attached hydrogens (tertiary/aromatic N) is 2. The fourth-order valence-corrected chi connectivity index (χ4v) is 4.74. The largest absolute Gasteiger partial charge is 0.326 e. The Bertz CT molecular complexity index is 1070. The molecule has 7 nitrogen and oxygen atoms in total. The van der Waals surface area contributed by atoms with Gasteiger partial charge in [-0.2, -0.15) is 5.10 Å². The maximum absolute atomic E-state index is 12.7. The maximum Gasteiger partial charge on any atom is 0.326 e. The van der Waals surface area contributed by atoms with Crippen LogP contribution in [0.3, 0.4) is 0 Å². The highest BCUT2D eigenvalue weighted by Gasteiger charge is 2.17. The van der Waals surface area contributed by atoms with Gasteiger partial charge in [-0.15, -0.1) is 11.6 Å². The zero-order chi connectivity index (χ0) is 23.1. The number of anilines is 1. The van der Waals surface area contributed by atoms with Crippen molar-refractivity contribution in [2.75, 3.05) is 5.32 Å². The van der Waals surface area contributed by atoms with Crippen LogP contribution in [-0.4, -0.2) is 27.3 Å². The average Bonchev–Trinajstić information content (AvgIpc) is 3.15. The summed E-state index contributed by atoms with van der Waals surface area (Å²) >= 11 is 11.5. The van der Waals surface area contributed by atoms with E-state index in [0.717, 1.165) is 22.9 Å². The van der Waals surface area contributed by atoms with E-state index in [1.54, 1.807) is 18.3 Å². The highest BCUT2D eigenvalue weighted by atomic mass is 127. The maximum atomic E-state index is 12.7.